The van der Waals surface area contributed by atoms with Crippen LogP contribution in [0.2, 0.25) is 0 Å². The van der Waals surface area contributed by atoms with Crippen LogP contribution in [0.1, 0.15) is 22.8 Å². The molecule has 1 atom stereocenters. The predicted octanol–water partition coefficient (Wildman–Crippen LogP) is 4.74. The summed E-state index contributed by atoms with van der Waals surface area (Å²) in [4.78, 5) is 0. The molecule has 0 radical (unpaired) electrons. The Kier molecular flexibility index (Phi) is 4.20. The minimum absolute atomic E-state index is 0.273. The zero-order valence-electron chi connectivity index (χ0n) is 9.62. The highest BCUT2D eigenvalue weighted by molar-refractivity contribution is 9.10. The second kappa shape index (κ2) is 5.51. The average molecular weight is 374 g/mol. The van der Waals surface area contributed by atoms with E-state index in [2.05, 4.69) is 31.9 Å². The van der Waals surface area contributed by atoms with Crippen molar-refractivity contribution in [3.8, 4) is 0 Å². The third-order valence-electron chi connectivity index (χ3n) is 2.80. The highest BCUT2D eigenvalue weighted by atomic mass is 79.9. The Morgan fingerprint density at radius 3 is 2.50 bits per heavy atom. The van der Waals surface area contributed by atoms with Crippen LogP contribution in [0.3, 0.4) is 0 Å². The van der Waals surface area contributed by atoms with Crippen molar-refractivity contribution in [3.05, 3.63) is 67.9 Å². The molecule has 4 heteroatoms. The lowest BCUT2D eigenvalue weighted by atomic mass is 9.97. The van der Waals surface area contributed by atoms with E-state index in [9.17, 15) is 9.50 Å². The fourth-order valence-electron chi connectivity index (χ4n) is 1.85. The van der Waals surface area contributed by atoms with Crippen molar-refractivity contribution >= 4 is 31.9 Å². The van der Waals surface area contributed by atoms with Crippen LogP contribution in [0.4, 0.5) is 4.39 Å². The zero-order valence-corrected chi connectivity index (χ0v) is 12.8. The summed E-state index contributed by atoms with van der Waals surface area (Å²) < 4.78 is 15.2. The Morgan fingerprint density at radius 2 is 1.83 bits per heavy atom. The van der Waals surface area contributed by atoms with Crippen LogP contribution in [0.15, 0.2) is 45.3 Å². The molecule has 2 rings (SSSR count). The molecule has 0 amide bonds. The summed E-state index contributed by atoms with van der Waals surface area (Å²) >= 11 is 6.49. The number of hydrogen-bond acceptors (Lipinski definition) is 1. The molecule has 0 saturated carbocycles. The molecular formula is C14H11Br2FO. The zero-order chi connectivity index (χ0) is 13.3. The van der Waals surface area contributed by atoms with E-state index in [0.717, 1.165) is 10.0 Å². The van der Waals surface area contributed by atoms with Gasteiger partial charge in [-0.25, -0.2) is 4.39 Å². The summed E-state index contributed by atoms with van der Waals surface area (Å²) in [5.74, 6) is -0.424. The number of aliphatic hydroxyl groups excluding tert-OH is 1. The lowest BCUT2D eigenvalue weighted by Crippen LogP contribution is -2.04. The number of aliphatic hydroxyl groups is 1. The fourth-order valence-corrected chi connectivity index (χ4v) is 2.70. The lowest BCUT2D eigenvalue weighted by Gasteiger charge is -2.15. The van der Waals surface area contributed by atoms with Gasteiger partial charge in [0, 0.05) is 10.0 Å². The Labute approximate surface area is 122 Å². The fraction of sp³-hybridized carbons (Fsp3) is 0.143. The lowest BCUT2D eigenvalue weighted by molar-refractivity contribution is 0.214. The standard InChI is InChI=1S/C14H11Br2FO/c1-8-7-9(15)5-6-10(8)14(18)11-3-2-4-12(16)13(11)17/h2-7,14,18H,1H3. The SMILES string of the molecule is Cc1cc(Br)ccc1C(O)c1cccc(Br)c1F. The quantitative estimate of drug-likeness (QED) is 0.805. The highest BCUT2D eigenvalue weighted by Crippen LogP contribution is 2.30. The van der Waals surface area contributed by atoms with E-state index in [1.807, 2.05) is 19.1 Å². The van der Waals surface area contributed by atoms with E-state index < -0.39 is 11.9 Å². The summed E-state index contributed by atoms with van der Waals surface area (Å²) in [6.07, 6.45) is -0.962. The summed E-state index contributed by atoms with van der Waals surface area (Å²) in [7, 11) is 0. The molecule has 1 nitrogen and oxygen atoms in total. The maximum atomic E-state index is 13.9. The van der Waals surface area contributed by atoms with E-state index in [1.165, 1.54) is 0 Å². The topological polar surface area (TPSA) is 20.2 Å². The first-order valence-corrected chi connectivity index (χ1v) is 6.97. The molecule has 0 aromatic heterocycles. The van der Waals surface area contributed by atoms with Crippen molar-refractivity contribution in [2.75, 3.05) is 0 Å². The molecular weight excluding hydrogens is 363 g/mol. The van der Waals surface area contributed by atoms with Crippen LogP contribution >= 0.6 is 31.9 Å². The van der Waals surface area contributed by atoms with Crippen LogP contribution in [-0.4, -0.2) is 5.11 Å². The van der Waals surface area contributed by atoms with Gasteiger partial charge in [-0.1, -0.05) is 34.1 Å². The smallest absolute Gasteiger partial charge is 0.143 e. The molecule has 0 fully saturated rings. The van der Waals surface area contributed by atoms with Crippen molar-refractivity contribution in [2.45, 2.75) is 13.0 Å². The van der Waals surface area contributed by atoms with Crippen LogP contribution in [0.5, 0.6) is 0 Å². The van der Waals surface area contributed by atoms with Gasteiger partial charge >= 0.3 is 0 Å². The summed E-state index contributed by atoms with van der Waals surface area (Å²) in [6.45, 7) is 1.89. The van der Waals surface area contributed by atoms with Gasteiger partial charge in [0.1, 0.15) is 11.9 Å². The number of hydrogen-bond donors (Lipinski definition) is 1. The molecule has 0 aliphatic carbocycles. The van der Waals surface area contributed by atoms with E-state index in [4.69, 9.17) is 0 Å². The molecule has 0 saturated heterocycles. The Balaban J connectivity index is 2.48. The largest absolute Gasteiger partial charge is 0.384 e. The molecule has 1 N–H and O–H groups in total. The maximum absolute atomic E-state index is 13.9. The molecule has 0 bridgehead atoms. The Bertz CT molecular complexity index is 584. The van der Waals surface area contributed by atoms with Gasteiger partial charge in [-0.3, -0.25) is 0 Å². The van der Waals surface area contributed by atoms with E-state index >= 15 is 0 Å². The first-order chi connectivity index (χ1) is 8.50. The maximum Gasteiger partial charge on any atom is 0.143 e. The van der Waals surface area contributed by atoms with Crippen LogP contribution < -0.4 is 0 Å². The monoisotopic (exact) mass is 372 g/mol. The van der Waals surface area contributed by atoms with Crippen molar-refractivity contribution in [2.24, 2.45) is 0 Å². The van der Waals surface area contributed by atoms with Gasteiger partial charge < -0.3 is 5.11 Å². The van der Waals surface area contributed by atoms with Gasteiger partial charge in [0.2, 0.25) is 0 Å². The highest BCUT2D eigenvalue weighted by Gasteiger charge is 2.18. The van der Waals surface area contributed by atoms with E-state index in [0.29, 0.717) is 10.0 Å². The number of halogens is 3. The van der Waals surface area contributed by atoms with Crippen LogP contribution in [-0.2, 0) is 0 Å². The van der Waals surface area contributed by atoms with Gasteiger partial charge in [-0.05, 0) is 52.2 Å². The number of rotatable bonds is 2. The number of aryl methyl sites for hydroxylation is 1. The molecule has 0 spiro atoms. The first kappa shape index (κ1) is 13.7. The number of benzene rings is 2. The molecule has 0 aliphatic rings. The molecule has 2 aromatic carbocycles. The first-order valence-electron chi connectivity index (χ1n) is 5.38. The summed E-state index contributed by atoms with van der Waals surface area (Å²) in [6, 6.07) is 10.4. The molecule has 94 valence electrons. The molecule has 1 unspecified atom stereocenters. The average Bonchev–Trinajstić information content (AvgIpc) is 2.32. The van der Waals surface area contributed by atoms with Crippen molar-refractivity contribution in [1.29, 1.82) is 0 Å². The third-order valence-corrected chi connectivity index (χ3v) is 3.91. The third kappa shape index (κ3) is 2.66. The van der Waals surface area contributed by atoms with Crippen molar-refractivity contribution in [1.82, 2.24) is 0 Å². The molecule has 18 heavy (non-hydrogen) atoms. The Hall–Kier alpha value is -0.710. The minimum atomic E-state index is -0.962. The van der Waals surface area contributed by atoms with Gasteiger partial charge in [-0.15, -0.1) is 0 Å². The van der Waals surface area contributed by atoms with Crippen LogP contribution in [0.25, 0.3) is 0 Å². The second-order valence-electron chi connectivity index (χ2n) is 4.05. The van der Waals surface area contributed by atoms with E-state index in [1.54, 1.807) is 24.3 Å². The molecule has 0 aliphatic heterocycles. The second-order valence-corrected chi connectivity index (χ2v) is 5.82. The molecule has 2 aromatic rings. The van der Waals surface area contributed by atoms with Gasteiger partial charge in [0.25, 0.3) is 0 Å². The van der Waals surface area contributed by atoms with Crippen molar-refractivity contribution < 1.29 is 9.50 Å². The molecule has 0 heterocycles. The van der Waals surface area contributed by atoms with Gasteiger partial charge in [0.05, 0.1) is 4.47 Å². The van der Waals surface area contributed by atoms with Crippen molar-refractivity contribution in [3.63, 3.8) is 0 Å². The predicted molar refractivity (Wildman–Crippen MR) is 77.0 cm³/mol. The minimum Gasteiger partial charge on any atom is -0.384 e. The van der Waals surface area contributed by atoms with Gasteiger partial charge in [-0.2, -0.15) is 0 Å². The van der Waals surface area contributed by atoms with Gasteiger partial charge in [0.15, 0.2) is 0 Å². The normalized spacial score (nSPS) is 12.5. The van der Waals surface area contributed by atoms with Crippen LogP contribution in [0, 0.1) is 12.7 Å². The summed E-state index contributed by atoms with van der Waals surface area (Å²) in [5, 5.41) is 10.3. The summed E-state index contributed by atoms with van der Waals surface area (Å²) in [5.41, 5.74) is 1.89. The van der Waals surface area contributed by atoms with E-state index in [-0.39, 0.29) is 5.56 Å². The Morgan fingerprint density at radius 1 is 1.11 bits per heavy atom.